The minimum Gasteiger partial charge on any atom is -0.462 e. The SMILES string of the molecule is CCOC(=O)C(=CNc1ccc2cn(CC)nc2c1)C(=O)OCC. The zero-order chi connectivity index (χ0) is 17.5. The monoisotopic (exact) mass is 331 g/mol. The van der Waals surface area contributed by atoms with E-state index in [9.17, 15) is 9.59 Å². The summed E-state index contributed by atoms with van der Waals surface area (Å²) in [6, 6.07) is 5.60. The third-order valence-corrected chi connectivity index (χ3v) is 3.25. The minimum atomic E-state index is -0.722. The summed E-state index contributed by atoms with van der Waals surface area (Å²) in [6.07, 6.45) is 3.26. The normalized spacial score (nSPS) is 10.3. The van der Waals surface area contributed by atoms with Crippen molar-refractivity contribution in [2.75, 3.05) is 18.5 Å². The molecule has 0 spiro atoms. The van der Waals surface area contributed by atoms with E-state index in [1.807, 2.05) is 36.0 Å². The molecule has 2 aromatic rings. The Morgan fingerprint density at radius 2 is 1.83 bits per heavy atom. The number of benzene rings is 1. The second kappa shape index (κ2) is 8.14. The Hall–Kier alpha value is -2.83. The molecule has 128 valence electrons. The molecular formula is C17H21N3O4. The quantitative estimate of drug-likeness (QED) is 0.363. The van der Waals surface area contributed by atoms with Gasteiger partial charge in [0.05, 0.1) is 18.7 Å². The Balaban J connectivity index is 2.23. The maximum Gasteiger partial charge on any atom is 0.347 e. The van der Waals surface area contributed by atoms with E-state index in [1.165, 1.54) is 6.20 Å². The van der Waals surface area contributed by atoms with Gasteiger partial charge in [0, 0.05) is 30.0 Å². The lowest BCUT2D eigenvalue weighted by molar-refractivity contribution is -0.146. The molecule has 0 aliphatic heterocycles. The van der Waals surface area contributed by atoms with Gasteiger partial charge >= 0.3 is 11.9 Å². The second-order valence-corrected chi connectivity index (χ2v) is 4.90. The average Bonchev–Trinajstić information content (AvgIpc) is 2.98. The fourth-order valence-corrected chi connectivity index (χ4v) is 2.09. The van der Waals surface area contributed by atoms with Crippen molar-refractivity contribution < 1.29 is 19.1 Å². The molecule has 0 atom stereocenters. The number of carbonyl (C=O) groups excluding carboxylic acids is 2. The molecule has 0 bridgehead atoms. The number of ether oxygens (including phenoxy) is 2. The number of anilines is 1. The van der Waals surface area contributed by atoms with E-state index in [4.69, 9.17) is 9.47 Å². The van der Waals surface area contributed by atoms with Gasteiger partial charge in [-0.15, -0.1) is 0 Å². The topological polar surface area (TPSA) is 82.5 Å². The maximum atomic E-state index is 11.9. The Labute approximate surface area is 140 Å². The Morgan fingerprint density at radius 3 is 2.42 bits per heavy atom. The number of aromatic nitrogens is 2. The first kappa shape index (κ1) is 17.5. The van der Waals surface area contributed by atoms with Crippen LogP contribution in [-0.4, -0.2) is 34.9 Å². The van der Waals surface area contributed by atoms with Gasteiger partial charge in [-0.1, -0.05) is 0 Å². The van der Waals surface area contributed by atoms with Gasteiger partial charge in [-0.05, 0) is 39.0 Å². The number of esters is 2. The van der Waals surface area contributed by atoms with Crippen molar-refractivity contribution >= 4 is 28.5 Å². The first-order chi connectivity index (χ1) is 11.6. The maximum absolute atomic E-state index is 11.9. The Morgan fingerprint density at radius 1 is 1.17 bits per heavy atom. The summed E-state index contributed by atoms with van der Waals surface area (Å²) in [4.78, 5) is 23.8. The van der Waals surface area contributed by atoms with Crippen molar-refractivity contribution in [2.45, 2.75) is 27.3 Å². The number of nitrogens with one attached hydrogen (secondary N) is 1. The lowest BCUT2D eigenvalue weighted by Gasteiger charge is -2.07. The molecule has 7 nitrogen and oxygen atoms in total. The zero-order valence-corrected chi connectivity index (χ0v) is 14.0. The Bertz CT molecular complexity index is 744. The highest BCUT2D eigenvalue weighted by Crippen LogP contribution is 2.18. The van der Waals surface area contributed by atoms with Gasteiger partial charge in [-0.3, -0.25) is 4.68 Å². The second-order valence-electron chi connectivity index (χ2n) is 4.90. The largest absolute Gasteiger partial charge is 0.462 e. The lowest BCUT2D eigenvalue weighted by atomic mass is 10.2. The summed E-state index contributed by atoms with van der Waals surface area (Å²) in [5, 5.41) is 8.37. The van der Waals surface area contributed by atoms with Crippen LogP contribution in [0.15, 0.2) is 36.2 Å². The van der Waals surface area contributed by atoms with E-state index in [-0.39, 0.29) is 18.8 Å². The zero-order valence-electron chi connectivity index (χ0n) is 14.0. The van der Waals surface area contributed by atoms with Crippen molar-refractivity contribution in [2.24, 2.45) is 0 Å². The highest BCUT2D eigenvalue weighted by molar-refractivity contribution is 6.14. The molecule has 0 radical (unpaired) electrons. The number of nitrogens with zero attached hydrogens (tertiary/aromatic N) is 2. The summed E-state index contributed by atoms with van der Waals surface area (Å²) in [5.74, 6) is -1.44. The van der Waals surface area contributed by atoms with Crippen LogP contribution in [-0.2, 0) is 25.6 Å². The first-order valence-electron chi connectivity index (χ1n) is 7.87. The molecule has 0 unspecified atom stereocenters. The predicted molar refractivity (Wildman–Crippen MR) is 90.4 cm³/mol. The third-order valence-electron chi connectivity index (χ3n) is 3.25. The van der Waals surface area contributed by atoms with Gasteiger partial charge in [0.1, 0.15) is 0 Å². The van der Waals surface area contributed by atoms with Gasteiger partial charge in [-0.25, -0.2) is 9.59 Å². The smallest absolute Gasteiger partial charge is 0.347 e. The molecule has 0 aliphatic carbocycles. The predicted octanol–water partition coefficient (Wildman–Crippen LogP) is 2.48. The molecule has 1 aromatic carbocycles. The molecule has 0 saturated heterocycles. The first-order valence-corrected chi connectivity index (χ1v) is 7.87. The average molecular weight is 331 g/mol. The summed E-state index contributed by atoms with van der Waals surface area (Å²) in [6.45, 7) is 6.50. The molecule has 7 heteroatoms. The van der Waals surface area contributed by atoms with Gasteiger partial charge < -0.3 is 14.8 Å². The van der Waals surface area contributed by atoms with E-state index in [0.29, 0.717) is 5.69 Å². The van der Waals surface area contributed by atoms with Gasteiger partial charge in [0.15, 0.2) is 5.57 Å². The molecule has 0 amide bonds. The highest BCUT2D eigenvalue weighted by atomic mass is 16.6. The fourth-order valence-electron chi connectivity index (χ4n) is 2.09. The van der Waals surface area contributed by atoms with Crippen LogP contribution in [0, 0.1) is 0 Å². The molecule has 1 heterocycles. The van der Waals surface area contributed by atoms with Crippen molar-refractivity contribution in [3.63, 3.8) is 0 Å². The summed E-state index contributed by atoms with van der Waals surface area (Å²) >= 11 is 0. The van der Waals surface area contributed by atoms with Crippen LogP contribution >= 0.6 is 0 Å². The number of rotatable bonds is 7. The number of fused-ring (bicyclic) bond motifs is 1. The van der Waals surface area contributed by atoms with Crippen LogP contribution in [0.5, 0.6) is 0 Å². The van der Waals surface area contributed by atoms with E-state index >= 15 is 0 Å². The standard InChI is InChI=1S/C17H21N3O4/c1-4-20-11-12-7-8-13(9-15(12)19-20)18-10-14(16(21)23-5-2)17(22)24-6-3/h7-11,18H,4-6H2,1-3H3. The molecule has 0 fully saturated rings. The van der Waals surface area contributed by atoms with Crippen LogP contribution < -0.4 is 5.32 Å². The summed E-state index contributed by atoms with van der Waals surface area (Å²) in [5.41, 5.74) is 1.34. The van der Waals surface area contributed by atoms with Gasteiger partial charge in [0.25, 0.3) is 0 Å². The van der Waals surface area contributed by atoms with Crippen molar-refractivity contribution in [3.8, 4) is 0 Å². The molecule has 24 heavy (non-hydrogen) atoms. The van der Waals surface area contributed by atoms with Crippen LogP contribution in [0.1, 0.15) is 20.8 Å². The summed E-state index contributed by atoms with van der Waals surface area (Å²) < 4.78 is 11.6. The number of aryl methyl sites for hydroxylation is 1. The molecule has 1 aromatic heterocycles. The third kappa shape index (κ3) is 4.13. The van der Waals surface area contributed by atoms with Crippen molar-refractivity contribution in [3.05, 3.63) is 36.2 Å². The number of carbonyl (C=O) groups is 2. The van der Waals surface area contributed by atoms with E-state index < -0.39 is 11.9 Å². The fraction of sp³-hybridized carbons (Fsp3) is 0.353. The van der Waals surface area contributed by atoms with Crippen LogP contribution in [0.2, 0.25) is 0 Å². The molecule has 0 aliphatic rings. The lowest BCUT2D eigenvalue weighted by Crippen LogP contribution is -2.19. The van der Waals surface area contributed by atoms with Gasteiger partial charge in [-0.2, -0.15) is 5.10 Å². The van der Waals surface area contributed by atoms with Crippen LogP contribution in [0.3, 0.4) is 0 Å². The molecular weight excluding hydrogens is 310 g/mol. The minimum absolute atomic E-state index is 0.177. The van der Waals surface area contributed by atoms with Crippen molar-refractivity contribution in [1.29, 1.82) is 0 Å². The van der Waals surface area contributed by atoms with Crippen molar-refractivity contribution in [1.82, 2.24) is 9.78 Å². The van der Waals surface area contributed by atoms with E-state index in [0.717, 1.165) is 17.4 Å². The number of hydrogen-bond acceptors (Lipinski definition) is 6. The van der Waals surface area contributed by atoms with Gasteiger partial charge in [0.2, 0.25) is 0 Å². The van der Waals surface area contributed by atoms with E-state index in [1.54, 1.807) is 13.8 Å². The molecule has 0 saturated carbocycles. The van der Waals surface area contributed by atoms with Crippen LogP contribution in [0.4, 0.5) is 5.69 Å². The Kier molecular flexibility index (Phi) is 5.95. The molecule has 1 N–H and O–H groups in total. The molecule has 2 rings (SSSR count). The van der Waals surface area contributed by atoms with Crippen LogP contribution in [0.25, 0.3) is 10.9 Å². The van der Waals surface area contributed by atoms with E-state index in [2.05, 4.69) is 10.4 Å². The number of hydrogen-bond donors (Lipinski definition) is 1. The summed E-state index contributed by atoms with van der Waals surface area (Å²) in [7, 11) is 0. The highest BCUT2D eigenvalue weighted by Gasteiger charge is 2.20.